The number of benzene rings is 2. The van der Waals surface area contributed by atoms with E-state index in [2.05, 4.69) is 10.1 Å². The van der Waals surface area contributed by atoms with E-state index < -0.39 is 0 Å². The molecule has 0 radical (unpaired) electrons. The number of amides is 1. The van der Waals surface area contributed by atoms with E-state index in [-0.39, 0.29) is 5.91 Å². The number of halogens is 1. The minimum Gasteiger partial charge on any atom is -0.497 e. The first-order valence-electron chi connectivity index (χ1n) is 8.50. The highest BCUT2D eigenvalue weighted by molar-refractivity contribution is 6.30. The lowest BCUT2D eigenvalue weighted by molar-refractivity contribution is -0.130. The fourth-order valence-electron chi connectivity index (χ4n) is 2.62. The maximum atomic E-state index is 12.3. The van der Waals surface area contributed by atoms with Crippen molar-refractivity contribution in [1.29, 1.82) is 0 Å². The quantitative estimate of drug-likeness (QED) is 0.615. The summed E-state index contributed by atoms with van der Waals surface area (Å²) in [5, 5.41) is 4.63. The summed E-state index contributed by atoms with van der Waals surface area (Å²) in [6.45, 7) is 0.500. The molecule has 27 heavy (non-hydrogen) atoms. The van der Waals surface area contributed by atoms with Crippen LogP contribution in [0.15, 0.2) is 53.1 Å². The lowest BCUT2D eigenvalue weighted by Gasteiger charge is -2.17. The maximum Gasteiger partial charge on any atom is 0.227 e. The summed E-state index contributed by atoms with van der Waals surface area (Å²) in [6.07, 6.45) is 0.684. The number of ether oxygens (including phenoxy) is 1. The first-order valence-corrected chi connectivity index (χ1v) is 8.88. The van der Waals surface area contributed by atoms with Gasteiger partial charge in [0.15, 0.2) is 0 Å². The molecule has 1 amide bonds. The summed E-state index contributed by atoms with van der Waals surface area (Å²) in [5.74, 6) is 1.69. The number of carbonyl (C=O) groups excluding carboxylic acids is 1. The zero-order valence-corrected chi connectivity index (χ0v) is 15.9. The minimum absolute atomic E-state index is 0.000766. The molecule has 0 fully saturated rings. The molecule has 1 heterocycles. The van der Waals surface area contributed by atoms with Gasteiger partial charge in [0.1, 0.15) is 5.75 Å². The largest absolute Gasteiger partial charge is 0.497 e. The van der Waals surface area contributed by atoms with Crippen molar-refractivity contribution in [2.24, 2.45) is 0 Å². The standard InChI is InChI=1S/C20H20ClN3O3/c1-24(13-14-4-3-5-16(21)12-14)19(25)11-10-18-22-20(23-27-18)15-6-8-17(26-2)9-7-15/h3-9,12H,10-11,13H2,1-2H3. The smallest absolute Gasteiger partial charge is 0.227 e. The van der Waals surface area contributed by atoms with Crippen LogP contribution in [-0.2, 0) is 17.8 Å². The van der Waals surface area contributed by atoms with Crippen molar-refractivity contribution in [3.8, 4) is 17.1 Å². The van der Waals surface area contributed by atoms with Crippen LogP contribution in [0.25, 0.3) is 11.4 Å². The molecule has 0 aliphatic rings. The lowest BCUT2D eigenvalue weighted by Crippen LogP contribution is -2.26. The minimum atomic E-state index is -0.000766. The van der Waals surface area contributed by atoms with Gasteiger partial charge in [-0.1, -0.05) is 28.9 Å². The third-order valence-corrected chi connectivity index (χ3v) is 4.34. The summed E-state index contributed by atoms with van der Waals surface area (Å²) in [4.78, 5) is 18.4. The van der Waals surface area contributed by atoms with E-state index in [1.807, 2.05) is 48.5 Å². The van der Waals surface area contributed by atoms with Crippen molar-refractivity contribution in [1.82, 2.24) is 15.0 Å². The number of hydrogen-bond acceptors (Lipinski definition) is 5. The number of rotatable bonds is 7. The maximum absolute atomic E-state index is 12.3. The Morgan fingerprint density at radius 2 is 2.00 bits per heavy atom. The SMILES string of the molecule is COc1ccc(-c2noc(CCC(=O)N(C)Cc3cccc(Cl)c3)n2)cc1. The van der Waals surface area contributed by atoms with Crippen LogP contribution in [-0.4, -0.2) is 35.1 Å². The predicted molar refractivity (Wildman–Crippen MR) is 103 cm³/mol. The predicted octanol–water partition coefficient (Wildman–Crippen LogP) is 3.99. The number of methoxy groups -OCH3 is 1. The van der Waals surface area contributed by atoms with Crippen LogP contribution in [0.1, 0.15) is 17.9 Å². The molecule has 1 aromatic heterocycles. The normalized spacial score (nSPS) is 10.6. The van der Waals surface area contributed by atoms with E-state index in [1.165, 1.54) is 0 Å². The van der Waals surface area contributed by atoms with Crippen LogP contribution in [0.2, 0.25) is 5.02 Å². The van der Waals surface area contributed by atoms with Crippen molar-refractivity contribution < 1.29 is 14.1 Å². The van der Waals surface area contributed by atoms with Gasteiger partial charge in [0.05, 0.1) is 7.11 Å². The summed E-state index contributed by atoms with van der Waals surface area (Å²) in [7, 11) is 3.38. The van der Waals surface area contributed by atoms with Gasteiger partial charge >= 0.3 is 0 Å². The van der Waals surface area contributed by atoms with E-state index in [0.29, 0.717) is 36.1 Å². The third kappa shape index (κ3) is 5.08. The van der Waals surface area contributed by atoms with Gasteiger partial charge in [0, 0.05) is 37.0 Å². The van der Waals surface area contributed by atoms with Crippen LogP contribution in [0.4, 0.5) is 0 Å². The monoisotopic (exact) mass is 385 g/mol. The van der Waals surface area contributed by atoms with E-state index in [0.717, 1.165) is 16.9 Å². The molecule has 0 atom stereocenters. The molecule has 140 valence electrons. The molecule has 7 heteroatoms. The van der Waals surface area contributed by atoms with Crippen molar-refractivity contribution in [2.45, 2.75) is 19.4 Å². The highest BCUT2D eigenvalue weighted by atomic mass is 35.5. The van der Waals surface area contributed by atoms with Crippen molar-refractivity contribution in [3.05, 3.63) is 65.0 Å². The van der Waals surface area contributed by atoms with Gasteiger partial charge < -0.3 is 14.2 Å². The Balaban J connectivity index is 1.55. The highest BCUT2D eigenvalue weighted by Gasteiger charge is 2.14. The molecular weight excluding hydrogens is 366 g/mol. The first kappa shape index (κ1) is 18.9. The van der Waals surface area contributed by atoms with E-state index in [4.69, 9.17) is 20.9 Å². The highest BCUT2D eigenvalue weighted by Crippen LogP contribution is 2.20. The average molecular weight is 386 g/mol. The number of carbonyl (C=O) groups is 1. The van der Waals surface area contributed by atoms with E-state index in [1.54, 1.807) is 19.1 Å². The molecular formula is C20H20ClN3O3. The van der Waals surface area contributed by atoms with Crippen LogP contribution < -0.4 is 4.74 Å². The second kappa shape index (κ2) is 8.68. The van der Waals surface area contributed by atoms with Crippen LogP contribution >= 0.6 is 11.6 Å². The Hall–Kier alpha value is -2.86. The molecule has 0 saturated carbocycles. The number of aryl methyl sites for hydroxylation is 1. The number of aromatic nitrogens is 2. The van der Waals surface area contributed by atoms with Gasteiger partial charge in [-0.2, -0.15) is 4.98 Å². The zero-order chi connectivity index (χ0) is 19.2. The molecule has 0 N–H and O–H groups in total. The number of nitrogens with zero attached hydrogens (tertiary/aromatic N) is 3. The zero-order valence-electron chi connectivity index (χ0n) is 15.2. The molecule has 0 aliphatic heterocycles. The first-order chi connectivity index (χ1) is 13.0. The van der Waals surface area contributed by atoms with Gasteiger partial charge in [-0.25, -0.2) is 0 Å². The van der Waals surface area contributed by atoms with Gasteiger partial charge in [-0.05, 0) is 42.0 Å². The molecule has 3 rings (SSSR count). The lowest BCUT2D eigenvalue weighted by atomic mass is 10.2. The van der Waals surface area contributed by atoms with Crippen LogP contribution in [0.3, 0.4) is 0 Å². The van der Waals surface area contributed by atoms with Crippen LogP contribution in [0, 0.1) is 0 Å². The summed E-state index contributed by atoms with van der Waals surface area (Å²) in [5.41, 5.74) is 1.81. The molecule has 6 nitrogen and oxygen atoms in total. The molecule has 0 aliphatic carbocycles. The summed E-state index contributed by atoms with van der Waals surface area (Å²) >= 11 is 5.98. The molecule has 3 aromatic rings. The molecule has 2 aromatic carbocycles. The molecule has 0 saturated heterocycles. The Labute approximate surface area is 162 Å². The van der Waals surface area contributed by atoms with Gasteiger partial charge in [0.25, 0.3) is 0 Å². The summed E-state index contributed by atoms with van der Waals surface area (Å²) < 4.78 is 10.4. The molecule has 0 spiro atoms. The topological polar surface area (TPSA) is 68.5 Å². The van der Waals surface area contributed by atoms with E-state index in [9.17, 15) is 4.79 Å². The fourth-order valence-corrected chi connectivity index (χ4v) is 2.83. The second-order valence-corrected chi connectivity index (χ2v) is 6.56. The number of hydrogen-bond donors (Lipinski definition) is 0. The van der Waals surface area contributed by atoms with Crippen LogP contribution in [0.5, 0.6) is 5.75 Å². The Morgan fingerprint density at radius 1 is 1.22 bits per heavy atom. The van der Waals surface area contributed by atoms with Gasteiger partial charge in [-0.3, -0.25) is 4.79 Å². The molecule has 0 unspecified atom stereocenters. The fraction of sp³-hybridized carbons (Fsp3) is 0.250. The third-order valence-electron chi connectivity index (χ3n) is 4.10. The van der Waals surface area contributed by atoms with Crippen molar-refractivity contribution in [2.75, 3.05) is 14.2 Å². The van der Waals surface area contributed by atoms with Crippen molar-refractivity contribution >= 4 is 17.5 Å². The van der Waals surface area contributed by atoms with Gasteiger partial charge in [0.2, 0.25) is 17.6 Å². The van der Waals surface area contributed by atoms with Crippen molar-refractivity contribution in [3.63, 3.8) is 0 Å². The second-order valence-electron chi connectivity index (χ2n) is 6.12. The average Bonchev–Trinajstić information content (AvgIpc) is 3.15. The summed E-state index contributed by atoms with van der Waals surface area (Å²) in [6, 6.07) is 14.9. The Kier molecular flexibility index (Phi) is 6.08. The molecule has 0 bridgehead atoms. The van der Waals surface area contributed by atoms with Gasteiger partial charge in [-0.15, -0.1) is 0 Å². The Morgan fingerprint density at radius 3 is 2.70 bits per heavy atom. The Bertz CT molecular complexity index is 909. The van der Waals surface area contributed by atoms with E-state index >= 15 is 0 Å².